The van der Waals surface area contributed by atoms with Crippen molar-refractivity contribution in [3.63, 3.8) is 0 Å². The molecule has 1 N–H and O–H groups in total. The molecule has 5 rings (SSSR count). The van der Waals surface area contributed by atoms with E-state index in [2.05, 4.69) is 20.2 Å². The van der Waals surface area contributed by atoms with Crippen LogP contribution in [0, 0.1) is 6.92 Å². The van der Waals surface area contributed by atoms with Crippen molar-refractivity contribution in [3.05, 3.63) is 71.4 Å². The fourth-order valence-corrected chi connectivity index (χ4v) is 7.47. The molecule has 2 aromatic heterocycles. The number of sulfone groups is 1. The average Bonchev–Trinajstić information content (AvgIpc) is 3.32. The first-order chi connectivity index (χ1) is 18.4. The molecular formula is C29H36N4O4S. The van der Waals surface area contributed by atoms with Crippen LogP contribution in [-0.2, 0) is 22.1 Å². The van der Waals surface area contributed by atoms with Gasteiger partial charge < -0.3 is 14.6 Å². The highest BCUT2D eigenvalue weighted by Crippen LogP contribution is 2.31. The van der Waals surface area contributed by atoms with Crippen LogP contribution in [0.4, 0.5) is 0 Å². The van der Waals surface area contributed by atoms with Crippen LogP contribution in [0.15, 0.2) is 53.2 Å². The number of benzene rings is 1. The normalized spacial score (nSPS) is 20.8. The standard InChI is InChI=1S/C29H36N4O4S/c1-21-27(20-38(35,36)26-13-11-25(12-14-26)33-16-3-2-4-17-33)32-29(37-21)24-9-7-23(8-10-24)28(34)31-19-22-6-5-15-30-18-22/h5-10,15,18,25-26H,2-4,11-14,16-17,19-20H2,1H3,(H,31,34)/t25-,26+. The summed E-state index contributed by atoms with van der Waals surface area (Å²) < 4.78 is 32.4. The van der Waals surface area contributed by atoms with Crippen molar-refractivity contribution in [1.82, 2.24) is 20.2 Å². The van der Waals surface area contributed by atoms with Crippen molar-refractivity contribution in [2.75, 3.05) is 13.1 Å². The largest absolute Gasteiger partial charge is 0.441 e. The Bertz CT molecular complexity index is 1320. The lowest BCUT2D eigenvalue weighted by Crippen LogP contribution is -2.43. The number of nitrogens with zero attached hydrogens (tertiary/aromatic N) is 3. The number of carbonyl (C=O) groups is 1. The predicted molar refractivity (Wildman–Crippen MR) is 146 cm³/mol. The van der Waals surface area contributed by atoms with Gasteiger partial charge >= 0.3 is 0 Å². The van der Waals surface area contributed by atoms with Crippen LogP contribution >= 0.6 is 0 Å². The Balaban J connectivity index is 1.18. The second kappa shape index (κ2) is 11.8. The second-order valence-corrected chi connectivity index (χ2v) is 12.8. The Morgan fingerprint density at radius 2 is 1.79 bits per heavy atom. The zero-order chi connectivity index (χ0) is 26.5. The van der Waals surface area contributed by atoms with E-state index in [0.29, 0.717) is 41.1 Å². The van der Waals surface area contributed by atoms with Crippen LogP contribution in [0.1, 0.15) is 72.3 Å². The number of likely N-dealkylation sites (tertiary alicyclic amines) is 1. The maximum atomic E-state index is 13.3. The van der Waals surface area contributed by atoms with Gasteiger partial charge in [-0.3, -0.25) is 9.78 Å². The maximum Gasteiger partial charge on any atom is 0.251 e. The summed E-state index contributed by atoms with van der Waals surface area (Å²) in [4.78, 5) is 23.7. The molecule has 1 saturated heterocycles. The van der Waals surface area contributed by atoms with Gasteiger partial charge in [-0.05, 0) is 94.4 Å². The van der Waals surface area contributed by atoms with Gasteiger partial charge in [0.25, 0.3) is 5.91 Å². The number of oxazole rings is 1. The highest BCUT2D eigenvalue weighted by molar-refractivity contribution is 7.91. The number of hydrogen-bond acceptors (Lipinski definition) is 7. The van der Waals surface area contributed by atoms with Crippen LogP contribution in [0.25, 0.3) is 11.5 Å². The van der Waals surface area contributed by atoms with Crippen molar-refractivity contribution >= 4 is 15.7 Å². The molecule has 1 saturated carbocycles. The number of aromatic nitrogens is 2. The molecular weight excluding hydrogens is 500 g/mol. The van der Waals surface area contributed by atoms with Crippen LogP contribution in [-0.4, -0.2) is 53.6 Å². The summed E-state index contributed by atoms with van der Waals surface area (Å²) in [5, 5.41) is 2.57. The van der Waals surface area contributed by atoms with Crippen LogP contribution in [0.5, 0.6) is 0 Å². The Kier molecular flexibility index (Phi) is 8.24. The van der Waals surface area contributed by atoms with Gasteiger partial charge in [-0.2, -0.15) is 0 Å². The average molecular weight is 537 g/mol. The molecule has 9 heteroatoms. The Hall–Kier alpha value is -3.04. The monoisotopic (exact) mass is 536 g/mol. The van der Waals surface area contributed by atoms with E-state index in [9.17, 15) is 13.2 Å². The van der Waals surface area contributed by atoms with Gasteiger partial charge in [0.15, 0.2) is 9.84 Å². The quantitative estimate of drug-likeness (QED) is 0.445. The van der Waals surface area contributed by atoms with Gasteiger partial charge in [0, 0.05) is 36.1 Å². The number of piperidine rings is 1. The summed E-state index contributed by atoms with van der Waals surface area (Å²) in [6, 6.07) is 11.2. The SMILES string of the molecule is Cc1oc(-c2ccc(C(=O)NCc3cccnc3)cc2)nc1CS(=O)(=O)[C@H]1CC[C@@H](N2CCCCC2)CC1. The molecule has 0 radical (unpaired) electrons. The van der Waals surface area contributed by atoms with Crippen molar-refractivity contribution < 1.29 is 17.6 Å². The van der Waals surface area contributed by atoms with E-state index in [-0.39, 0.29) is 16.9 Å². The number of amides is 1. The molecule has 3 aromatic rings. The van der Waals surface area contributed by atoms with Crippen molar-refractivity contribution in [2.24, 2.45) is 0 Å². The number of aryl methyl sites for hydroxylation is 1. The topological polar surface area (TPSA) is 105 Å². The summed E-state index contributed by atoms with van der Waals surface area (Å²) in [5.41, 5.74) is 2.60. The third kappa shape index (κ3) is 6.32. The number of hydrogen-bond donors (Lipinski definition) is 1. The Labute approximate surface area is 224 Å². The number of pyridine rings is 1. The molecule has 0 unspecified atom stereocenters. The lowest BCUT2D eigenvalue weighted by molar-refractivity contribution is 0.0951. The van der Waals surface area contributed by atoms with Crippen molar-refractivity contribution in [2.45, 2.75) is 75.5 Å². The first kappa shape index (κ1) is 26.6. The van der Waals surface area contributed by atoms with Gasteiger partial charge in [-0.1, -0.05) is 12.5 Å². The molecule has 2 fully saturated rings. The van der Waals surface area contributed by atoms with Crippen molar-refractivity contribution in [1.29, 1.82) is 0 Å². The number of carbonyl (C=O) groups excluding carboxylic acids is 1. The van der Waals surface area contributed by atoms with Gasteiger partial charge in [0.1, 0.15) is 5.76 Å². The summed E-state index contributed by atoms with van der Waals surface area (Å²) in [6.07, 6.45) is 10.6. The summed E-state index contributed by atoms with van der Waals surface area (Å²) in [6.45, 7) is 4.46. The molecule has 1 aliphatic heterocycles. The van der Waals surface area contributed by atoms with E-state index >= 15 is 0 Å². The zero-order valence-corrected chi connectivity index (χ0v) is 22.8. The number of nitrogens with one attached hydrogen (secondary N) is 1. The van der Waals surface area contributed by atoms with E-state index in [1.165, 1.54) is 19.3 Å². The first-order valence-corrected chi connectivity index (χ1v) is 15.3. The van der Waals surface area contributed by atoms with E-state index in [0.717, 1.165) is 44.3 Å². The zero-order valence-electron chi connectivity index (χ0n) is 21.9. The molecule has 1 aliphatic carbocycles. The first-order valence-electron chi connectivity index (χ1n) is 13.6. The van der Waals surface area contributed by atoms with E-state index in [1.54, 1.807) is 43.6 Å². The minimum atomic E-state index is -3.33. The fourth-order valence-electron chi connectivity index (χ4n) is 5.60. The minimum absolute atomic E-state index is 0.101. The second-order valence-electron chi connectivity index (χ2n) is 10.5. The smallest absolute Gasteiger partial charge is 0.251 e. The lowest BCUT2D eigenvalue weighted by Gasteiger charge is -2.38. The maximum absolute atomic E-state index is 13.3. The number of rotatable bonds is 8. The molecule has 202 valence electrons. The molecule has 2 aliphatic rings. The molecule has 8 nitrogen and oxygen atoms in total. The highest BCUT2D eigenvalue weighted by atomic mass is 32.2. The predicted octanol–water partition coefficient (Wildman–Crippen LogP) is 4.69. The van der Waals surface area contributed by atoms with Gasteiger partial charge in [0.2, 0.25) is 5.89 Å². The molecule has 3 heterocycles. The van der Waals surface area contributed by atoms with Gasteiger partial charge in [-0.25, -0.2) is 13.4 Å². The molecule has 1 aromatic carbocycles. The summed E-state index contributed by atoms with van der Waals surface area (Å²) >= 11 is 0. The highest BCUT2D eigenvalue weighted by Gasteiger charge is 2.34. The Morgan fingerprint density at radius 1 is 1.05 bits per heavy atom. The third-order valence-corrected chi connectivity index (χ3v) is 10.0. The van der Waals surface area contributed by atoms with Crippen molar-refractivity contribution in [3.8, 4) is 11.5 Å². The summed E-state index contributed by atoms with van der Waals surface area (Å²) in [7, 11) is -3.33. The van der Waals surface area contributed by atoms with Crippen LogP contribution < -0.4 is 5.32 Å². The third-order valence-electron chi connectivity index (χ3n) is 7.86. The molecule has 0 spiro atoms. The summed E-state index contributed by atoms with van der Waals surface area (Å²) in [5.74, 6) is 0.592. The Morgan fingerprint density at radius 3 is 2.47 bits per heavy atom. The van der Waals surface area contributed by atoms with Gasteiger partial charge in [0.05, 0.1) is 16.7 Å². The van der Waals surface area contributed by atoms with E-state index in [1.807, 2.05) is 12.1 Å². The van der Waals surface area contributed by atoms with Crippen LogP contribution in [0.2, 0.25) is 0 Å². The molecule has 1 amide bonds. The lowest BCUT2D eigenvalue weighted by atomic mass is 9.92. The molecule has 0 atom stereocenters. The van der Waals surface area contributed by atoms with Gasteiger partial charge in [-0.15, -0.1) is 0 Å². The van der Waals surface area contributed by atoms with E-state index in [4.69, 9.17) is 4.42 Å². The minimum Gasteiger partial charge on any atom is -0.441 e. The molecule has 38 heavy (non-hydrogen) atoms. The van der Waals surface area contributed by atoms with E-state index < -0.39 is 9.84 Å². The fraction of sp³-hybridized carbons (Fsp3) is 0.483. The molecule has 0 bridgehead atoms. The van der Waals surface area contributed by atoms with Crippen LogP contribution in [0.3, 0.4) is 0 Å².